The number of hydrogen-bond acceptors (Lipinski definition) is 3. The number of nitrogens with zero attached hydrogens (tertiary/aromatic N) is 3. The molecule has 0 aliphatic rings. The Bertz CT molecular complexity index is 545. The molecule has 0 saturated carbocycles. The third-order valence-electron chi connectivity index (χ3n) is 2.84. The molecule has 90 valence electrons. The van der Waals surface area contributed by atoms with Crippen LogP contribution in [0.5, 0.6) is 0 Å². The highest BCUT2D eigenvalue weighted by Gasteiger charge is 2.14. The average molecular weight is 234 g/mol. The Hall–Kier alpha value is -1.75. The number of halogens is 1. The summed E-state index contributed by atoms with van der Waals surface area (Å²) in [7, 11) is 1.73. The Labute approximate surface area is 99.2 Å². The number of aryl methyl sites for hydroxylation is 2. The van der Waals surface area contributed by atoms with Gasteiger partial charge in [-0.2, -0.15) is 0 Å². The molecule has 2 N–H and O–H groups in total. The van der Waals surface area contributed by atoms with Crippen molar-refractivity contribution >= 4 is 0 Å². The van der Waals surface area contributed by atoms with Gasteiger partial charge in [0.2, 0.25) is 0 Å². The van der Waals surface area contributed by atoms with Crippen molar-refractivity contribution in [2.45, 2.75) is 19.9 Å². The van der Waals surface area contributed by atoms with Crippen LogP contribution in [0.1, 0.15) is 24.1 Å². The molecular weight excluding hydrogens is 219 g/mol. The summed E-state index contributed by atoms with van der Waals surface area (Å²) in [6.07, 6.45) is 1.55. The SMILES string of the molecule is Cc1cc(-c2cnnn2C)c(F)cc1[C@@H](C)N. The van der Waals surface area contributed by atoms with E-state index in [4.69, 9.17) is 5.73 Å². The molecule has 0 bridgehead atoms. The van der Waals surface area contributed by atoms with Gasteiger partial charge in [0.25, 0.3) is 0 Å². The van der Waals surface area contributed by atoms with E-state index in [0.717, 1.165) is 11.1 Å². The Kier molecular flexibility index (Phi) is 2.93. The second-order valence-electron chi connectivity index (χ2n) is 4.22. The van der Waals surface area contributed by atoms with E-state index in [9.17, 15) is 4.39 Å². The molecule has 0 radical (unpaired) electrons. The molecule has 0 saturated heterocycles. The third-order valence-corrected chi connectivity index (χ3v) is 2.84. The minimum absolute atomic E-state index is 0.178. The van der Waals surface area contributed by atoms with Crippen molar-refractivity contribution in [3.8, 4) is 11.3 Å². The van der Waals surface area contributed by atoms with Gasteiger partial charge in [-0.3, -0.25) is 0 Å². The van der Waals surface area contributed by atoms with Crippen LogP contribution in [0.3, 0.4) is 0 Å². The molecule has 0 unspecified atom stereocenters. The first-order valence-electron chi connectivity index (χ1n) is 5.41. The maximum absolute atomic E-state index is 14.0. The zero-order valence-electron chi connectivity index (χ0n) is 10.1. The smallest absolute Gasteiger partial charge is 0.132 e. The normalized spacial score (nSPS) is 12.8. The van der Waals surface area contributed by atoms with Crippen molar-refractivity contribution in [2.24, 2.45) is 12.8 Å². The van der Waals surface area contributed by atoms with Crippen molar-refractivity contribution in [2.75, 3.05) is 0 Å². The van der Waals surface area contributed by atoms with Crippen molar-refractivity contribution in [1.29, 1.82) is 0 Å². The van der Waals surface area contributed by atoms with Gasteiger partial charge in [-0.05, 0) is 37.1 Å². The van der Waals surface area contributed by atoms with E-state index >= 15 is 0 Å². The molecule has 1 atom stereocenters. The fourth-order valence-electron chi connectivity index (χ4n) is 1.92. The fraction of sp³-hybridized carbons (Fsp3) is 0.333. The van der Waals surface area contributed by atoms with E-state index in [1.54, 1.807) is 24.0 Å². The van der Waals surface area contributed by atoms with Crippen LogP contribution in [0.15, 0.2) is 18.3 Å². The molecule has 4 nitrogen and oxygen atoms in total. The van der Waals surface area contributed by atoms with E-state index in [1.165, 1.54) is 6.07 Å². The standard InChI is InChI=1S/C12H15FN4/c1-7-4-10(12-6-15-16-17(12)3)11(13)5-9(7)8(2)14/h4-6,8H,14H2,1-3H3/t8-/m1/s1. The lowest BCUT2D eigenvalue weighted by Gasteiger charge is -2.12. The summed E-state index contributed by atoms with van der Waals surface area (Å²) in [6, 6.07) is 3.10. The van der Waals surface area contributed by atoms with Gasteiger partial charge >= 0.3 is 0 Å². The number of rotatable bonds is 2. The summed E-state index contributed by atoms with van der Waals surface area (Å²) < 4.78 is 15.6. The van der Waals surface area contributed by atoms with Crippen LogP contribution < -0.4 is 5.73 Å². The first-order valence-corrected chi connectivity index (χ1v) is 5.41. The van der Waals surface area contributed by atoms with Crippen molar-refractivity contribution in [3.63, 3.8) is 0 Å². The van der Waals surface area contributed by atoms with Gasteiger partial charge in [-0.1, -0.05) is 5.21 Å². The minimum atomic E-state index is -0.298. The number of aromatic nitrogens is 3. The van der Waals surface area contributed by atoms with E-state index < -0.39 is 0 Å². The van der Waals surface area contributed by atoms with E-state index in [2.05, 4.69) is 10.3 Å². The summed E-state index contributed by atoms with van der Waals surface area (Å²) in [5, 5.41) is 7.54. The van der Waals surface area contributed by atoms with Crippen LogP contribution in [0.2, 0.25) is 0 Å². The Morgan fingerprint density at radius 2 is 2.12 bits per heavy atom. The summed E-state index contributed by atoms with van der Waals surface area (Å²) in [4.78, 5) is 0. The summed E-state index contributed by atoms with van der Waals surface area (Å²) in [6.45, 7) is 3.76. The summed E-state index contributed by atoms with van der Waals surface area (Å²) >= 11 is 0. The maximum atomic E-state index is 14.0. The van der Waals surface area contributed by atoms with Crippen LogP contribution in [0.25, 0.3) is 11.3 Å². The zero-order chi connectivity index (χ0) is 12.6. The predicted molar refractivity (Wildman–Crippen MR) is 63.7 cm³/mol. The second kappa shape index (κ2) is 4.25. The number of benzene rings is 1. The lowest BCUT2D eigenvalue weighted by Crippen LogP contribution is -2.08. The van der Waals surface area contributed by atoms with Crippen LogP contribution >= 0.6 is 0 Å². The highest BCUT2D eigenvalue weighted by molar-refractivity contribution is 5.61. The summed E-state index contributed by atoms with van der Waals surface area (Å²) in [5.74, 6) is -0.298. The molecule has 2 rings (SSSR count). The molecule has 0 fully saturated rings. The van der Waals surface area contributed by atoms with Crippen LogP contribution in [-0.4, -0.2) is 15.0 Å². The van der Waals surface area contributed by atoms with Gasteiger partial charge in [-0.25, -0.2) is 9.07 Å². The number of hydrogen-bond donors (Lipinski definition) is 1. The van der Waals surface area contributed by atoms with Gasteiger partial charge in [0, 0.05) is 18.7 Å². The van der Waals surface area contributed by atoms with E-state index in [0.29, 0.717) is 11.3 Å². The minimum Gasteiger partial charge on any atom is -0.324 e. The highest BCUT2D eigenvalue weighted by Crippen LogP contribution is 2.26. The van der Waals surface area contributed by atoms with Gasteiger partial charge in [-0.15, -0.1) is 5.10 Å². The molecule has 0 spiro atoms. The predicted octanol–water partition coefficient (Wildman–Crippen LogP) is 1.95. The second-order valence-corrected chi connectivity index (χ2v) is 4.22. The Balaban J connectivity index is 2.58. The van der Waals surface area contributed by atoms with Crippen LogP contribution in [0.4, 0.5) is 4.39 Å². The molecule has 2 aromatic rings. The van der Waals surface area contributed by atoms with Crippen LogP contribution in [0, 0.1) is 12.7 Å². The van der Waals surface area contributed by atoms with Gasteiger partial charge in [0.15, 0.2) is 0 Å². The molecule has 0 amide bonds. The number of nitrogens with two attached hydrogens (primary N) is 1. The van der Waals surface area contributed by atoms with E-state index in [-0.39, 0.29) is 11.9 Å². The zero-order valence-corrected chi connectivity index (χ0v) is 10.1. The highest BCUT2D eigenvalue weighted by atomic mass is 19.1. The molecule has 0 aliphatic carbocycles. The molecule has 0 aliphatic heterocycles. The average Bonchev–Trinajstić information content (AvgIpc) is 2.67. The van der Waals surface area contributed by atoms with E-state index in [1.807, 2.05) is 13.8 Å². The Morgan fingerprint density at radius 1 is 1.41 bits per heavy atom. The van der Waals surface area contributed by atoms with Crippen molar-refractivity contribution in [3.05, 3.63) is 35.3 Å². The monoisotopic (exact) mass is 234 g/mol. The lowest BCUT2D eigenvalue weighted by atomic mass is 9.98. The van der Waals surface area contributed by atoms with Crippen molar-refractivity contribution < 1.29 is 4.39 Å². The lowest BCUT2D eigenvalue weighted by molar-refractivity contribution is 0.621. The molecule has 17 heavy (non-hydrogen) atoms. The third kappa shape index (κ3) is 2.06. The fourth-order valence-corrected chi connectivity index (χ4v) is 1.92. The topological polar surface area (TPSA) is 56.7 Å². The van der Waals surface area contributed by atoms with Crippen molar-refractivity contribution in [1.82, 2.24) is 15.0 Å². The molecule has 1 heterocycles. The molecule has 5 heteroatoms. The Morgan fingerprint density at radius 3 is 2.65 bits per heavy atom. The molecular formula is C12H15FN4. The summed E-state index contributed by atoms with van der Waals surface area (Å²) in [5.41, 5.74) is 8.73. The maximum Gasteiger partial charge on any atom is 0.132 e. The first-order chi connectivity index (χ1) is 8.00. The first kappa shape index (κ1) is 11.7. The quantitative estimate of drug-likeness (QED) is 0.864. The molecule has 1 aromatic carbocycles. The van der Waals surface area contributed by atoms with Gasteiger partial charge in [0.05, 0.1) is 11.9 Å². The van der Waals surface area contributed by atoms with Gasteiger partial charge in [0.1, 0.15) is 5.82 Å². The molecule has 1 aromatic heterocycles. The van der Waals surface area contributed by atoms with Gasteiger partial charge < -0.3 is 5.73 Å². The van der Waals surface area contributed by atoms with Crippen LogP contribution in [-0.2, 0) is 7.05 Å². The largest absolute Gasteiger partial charge is 0.324 e.